The van der Waals surface area contributed by atoms with Crippen LogP contribution in [0.1, 0.15) is 50.8 Å². The second-order valence-electron chi connectivity index (χ2n) is 5.12. The normalized spacial score (nSPS) is 21.5. The third kappa shape index (κ3) is 4.00. The first-order valence-corrected chi connectivity index (χ1v) is 7.91. The molecule has 1 saturated heterocycles. The summed E-state index contributed by atoms with van der Waals surface area (Å²) in [6.45, 7) is 4.07. The number of hydrogen-bond acceptors (Lipinski definition) is 4. The quantitative estimate of drug-likeness (QED) is 0.870. The van der Waals surface area contributed by atoms with E-state index in [4.69, 9.17) is 4.74 Å². The van der Waals surface area contributed by atoms with Gasteiger partial charge in [0.05, 0.1) is 17.8 Å². The van der Waals surface area contributed by atoms with Gasteiger partial charge in [-0.05, 0) is 54.6 Å². The van der Waals surface area contributed by atoms with E-state index in [9.17, 15) is 0 Å². The topological polar surface area (TPSA) is 52.0 Å². The minimum Gasteiger partial charge on any atom is -0.378 e. The Hall–Kier alpha value is -0.460. The molecule has 1 aromatic heterocycles. The molecule has 1 aliphatic heterocycles. The molecule has 2 unspecified atom stereocenters. The molecular formula is C13H23BrN4O. The second-order valence-corrected chi connectivity index (χ2v) is 5.87. The van der Waals surface area contributed by atoms with E-state index in [0.717, 1.165) is 42.7 Å². The molecule has 2 atom stereocenters. The molecule has 19 heavy (non-hydrogen) atoms. The van der Waals surface area contributed by atoms with Crippen LogP contribution in [0.2, 0.25) is 0 Å². The van der Waals surface area contributed by atoms with E-state index < -0.39 is 0 Å². The van der Waals surface area contributed by atoms with Crippen molar-refractivity contribution in [2.75, 3.05) is 13.2 Å². The highest BCUT2D eigenvalue weighted by Crippen LogP contribution is 2.28. The van der Waals surface area contributed by atoms with Crippen LogP contribution in [0.4, 0.5) is 0 Å². The Kier molecular flexibility index (Phi) is 5.78. The molecule has 6 heteroatoms. The molecule has 1 aliphatic rings. The largest absolute Gasteiger partial charge is 0.378 e. The van der Waals surface area contributed by atoms with E-state index in [1.807, 2.05) is 11.7 Å². The van der Waals surface area contributed by atoms with Gasteiger partial charge in [0.15, 0.2) is 4.60 Å². The molecule has 1 N–H and O–H groups in total. The van der Waals surface area contributed by atoms with E-state index in [-0.39, 0.29) is 6.04 Å². The van der Waals surface area contributed by atoms with E-state index in [1.54, 1.807) is 0 Å². The smallest absolute Gasteiger partial charge is 0.153 e. The van der Waals surface area contributed by atoms with Gasteiger partial charge >= 0.3 is 0 Å². The van der Waals surface area contributed by atoms with Gasteiger partial charge in [0.1, 0.15) is 0 Å². The predicted octanol–water partition coefficient (Wildman–Crippen LogP) is 2.58. The summed E-state index contributed by atoms with van der Waals surface area (Å²) in [5, 5.41) is 11.8. The van der Waals surface area contributed by atoms with Gasteiger partial charge in [-0.15, -0.1) is 5.10 Å². The molecule has 2 rings (SSSR count). The summed E-state index contributed by atoms with van der Waals surface area (Å²) in [5.74, 6) is 0. The van der Waals surface area contributed by atoms with Crippen molar-refractivity contribution in [3.8, 4) is 0 Å². The third-order valence-corrected chi connectivity index (χ3v) is 4.13. The number of aryl methyl sites for hydroxylation is 1. The van der Waals surface area contributed by atoms with E-state index in [2.05, 4.69) is 38.5 Å². The van der Waals surface area contributed by atoms with Crippen LogP contribution in [-0.2, 0) is 11.8 Å². The van der Waals surface area contributed by atoms with Crippen LogP contribution in [0.25, 0.3) is 0 Å². The molecule has 1 aromatic rings. The molecule has 0 saturated carbocycles. The molecule has 0 bridgehead atoms. The second kappa shape index (κ2) is 7.36. The van der Waals surface area contributed by atoms with Gasteiger partial charge in [0.25, 0.3) is 0 Å². The number of rotatable bonds is 6. The van der Waals surface area contributed by atoms with Crippen molar-refractivity contribution < 1.29 is 4.74 Å². The van der Waals surface area contributed by atoms with Crippen molar-refractivity contribution in [2.24, 2.45) is 7.05 Å². The summed E-state index contributed by atoms with van der Waals surface area (Å²) in [5.41, 5.74) is 1.11. The molecular weight excluding hydrogens is 308 g/mol. The highest BCUT2D eigenvalue weighted by molar-refractivity contribution is 9.10. The summed E-state index contributed by atoms with van der Waals surface area (Å²) in [4.78, 5) is 0. The maximum absolute atomic E-state index is 5.86. The monoisotopic (exact) mass is 330 g/mol. The molecule has 0 radical (unpaired) electrons. The maximum Gasteiger partial charge on any atom is 0.153 e. The lowest BCUT2D eigenvalue weighted by atomic mass is 10.00. The zero-order valence-corrected chi connectivity index (χ0v) is 13.3. The van der Waals surface area contributed by atoms with E-state index in [0.29, 0.717) is 6.10 Å². The van der Waals surface area contributed by atoms with Crippen molar-refractivity contribution >= 4 is 15.9 Å². The zero-order valence-electron chi connectivity index (χ0n) is 11.7. The van der Waals surface area contributed by atoms with Gasteiger partial charge in [0, 0.05) is 13.7 Å². The lowest BCUT2D eigenvalue weighted by Gasteiger charge is -2.27. The van der Waals surface area contributed by atoms with Crippen LogP contribution >= 0.6 is 15.9 Å². The lowest BCUT2D eigenvalue weighted by molar-refractivity contribution is 0.00454. The fraction of sp³-hybridized carbons (Fsp3) is 0.846. The number of ether oxygens (including phenoxy) is 1. The molecule has 0 spiro atoms. The minimum atomic E-state index is 0.248. The molecule has 108 valence electrons. The Balaban J connectivity index is 2.06. The molecule has 1 fully saturated rings. The fourth-order valence-corrected chi connectivity index (χ4v) is 3.18. The fourth-order valence-electron chi connectivity index (χ4n) is 2.57. The third-order valence-electron chi connectivity index (χ3n) is 3.57. The zero-order chi connectivity index (χ0) is 13.7. The summed E-state index contributed by atoms with van der Waals surface area (Å²) in [6, 6.07) is 0.248. The first-order chi connectivity index (χ1) is 9.22. The average molecular weight is 331 g/mol. The van der Waals surface area contributed by atoms with Crippen molar-refractivity contribution in [1.82, 2.24) is 20.3 Å². The van der Waals surface area contributed by atoms with Crippen molar-refractivity contribution in [1.29, 1.82) is 0 Å². The predicted molar refractivity (Wildman–Crippen MR) is 77.9 cm³/mol. The Bertz CT molecular complexity index is 370. The standard InChI is InChI=1S/C13H23BrN4O/c1-3-7-15-11(9-10-6-4-5-8-19-10)12-13(14)16-17-18(12)2/h10-11,15H,3-9H2,1-2H3. The lowest BCUT2D eigenvalue weighted by Crippen LogP contribution is -2.30. The van der Waals surface area contributed by atoms with Crippen molar-refractivity contribution in [3.05, 3.63) is 10.3 Å². The Labute approximate surface area is 123 Å². The average Bonchev–Trinajstić information content (AvgIpc) is 2.75. The number of halogens is 1. The van der Waals surface area contributed by atoms with Crippen LogP contribution < -0.4 is 5.32 Å². The summed E-state index contributed by atoms with van der Waals surface area (Å²) < 4.78 is 8.54. The summed E-state index contributed by atoms with van der Waals surface area (Å²) in [7, 11) is 1.94. The van der Waals surface area contributed by atoms with Crippen LogP contribution in [0.15, 0.2) is 4.60 Å². The highest BCUT2D eigenvalue weighted by atomic mass is 79.9. The van der Waals surface area contributed by atoms with E-state index >= 15 is 0 Å². The summed E-state index contributed by atoms with van der Waals surface area (Å²) >= 11 is 3.50. The van der Waals surface area contributed by atoms with Crippen molar-refractivity contribution in [3.63, 3.8) is 0 Å². The Morgan fingerprint density at radius 3 is 2.95 bits per heavy atom. The van der Waals surface area contributed by atoms with Crippen LogP contribution in [0.3, 0.4) is 0 Å². The van der Waals surface area contributed by atoms with Gasteiger partial charge in [-0.1, -0.05) is 12.1 Å². The van der Waals surface area contributed by atoms with Gasteiger partial charge in [0.2, 0.25) is 0 Å². The van der Waals surface area contributed by atoms with Gasteiger partial charge in [-0.3, -0.25) is 0 Å². The number of hydrogen-bond donors (Lipinski definition) is 1. The van der Waals surface area contributed by atoms with Gasteiger partial charge in [-0.25, -0.2) is 4.68 Å². The highest BCUT2D eigenvalue weighted by Gasteiger charge is 2.25. The van der Waals surface area contributed by atoms with Crippen LogP contribution in [-0.4, -0.2) is 34.2 Å². The first-order valence-electron chi connectivity index (χ1n) is 7.12. The minimum absolute atomic E-state index is 0.248. The maximum atomic E-state index is 5.86. The van der Waals surface area contributed by atoms with Gasteiger partial charge in [-0.2, -0.15) is 0 Å². The molecule has 0 aliphatic carbocycles. The van der Waals surface area contributed by atoms with Crippen molar-refractivity contribution in [2.45, 2.75) is 51.2 Å². The SMILES string of the molecule is CCCNC(CC1CCCCO1)c1c(Br)nnn1C. The number of aromatic nitrogens is 3. The molecule has 0 amide bonds. The van der Waals surface area contributed by atoms with Crippen LogP contribution in [0, 0.1) is 0 Å². The summed E-state index contributed by atoms with van der Waals surface area (Å²) in [6.07, 6.45) is 6.08. The molecule has 0 aromatic carbocycles. The number of nitrogens with zero attached hydrogens (tertiary/aromatic N) is 3. The molecule has 2 heterocycles. The number of nitrogens with one attached hydrogen (secondary N) is 1. The Morgan fingerprint density at radius 1 is 1.53 bits per heavy atom. The Morgan fingerprint density at radius 2 is 2.37 bits per heavy atom. The molecule has 5 nitrogen and oxygen atoms in total. The van der Waals surface area contributed by atoms with Gasteiger partial charge < -0.3 is 10.1 Å². The first kappa shape index (κ1) is 14.9. The van der Waals surface area contributed by atoms with E-state index in [1.165, 1.54) is 12.8 Å². The van der Waals surface area contributed by atoms with Crippen LogP contribution in [0.5, 0.6) is 0 Å².